The predicted octanol–water partition coefficient (Wildman–Crippen LogP) is 3.25. The van der Waals surface area contributed by atoms with Crippen molar-refractivity contribution in [3.05, 3.63) is 0 Å². The summed E-state index contributed by atoms with van der Waals surface area (Å²) >= 11 is 0. The molecule has 0 spiro atoms. The second-order valence-corrected chi connectivity index (χ2v) is 5.53. The molecule has 0 atom stereocenters. The summed E-state index contributed by atoms with van der Waals surface area (Å²) in [5, 5.41) is 2.37. The monoisotopic (exact) mass is 311 g/mol. The Morgan fingerprint density at radius 1 is 0.750 bits per heavy atom. The Kier molecular flexibility index (Phi) is 6.31. The molecule has 0 amide bonds. The van der Waals surface area contributed by atoms with Crippen molar-refractivity contribution >= 4 is 0 Å². The lowest BCUT2D eigenvalue weighted by molar-refractivity contribution is -0.330. The third-order valence-corrected chi connectivity index (χ3v) is 1.81. The molecular weight excluding hydrogens is 292 g/mol. The van der Waals surface area contributed by atoms with Crippen molar-refractivity contribution < 1.29 is 35.8 Å². The molecule has 0 unspecified atom stereocenters. The van der Waals surface area contributed by atoms with Gasteiger partial charge in [-0.2, -0.15) is 17.6 Å². The van der Waals surface area contributed by atoms with E-state index >= 15 is 0 Å². The summed E-state index contributed by atoms with van der Waals surface area (Å²) in [5.74, 6) is -3.49. The highest BCUT2D eigenvalue weighted by molar-refractivity contribution is 4.73. The SMILES string of the molecule is CC(F)(F)COC(F)(F)COC(F)(F)CNC(C)(C)C. The average Bonchev–Trinajstić information content (AvgIpc) is 2.20. The zero-order valence-corrected chi connectivity index (χ0v) is 11.7. The fourth-order valence-corrected chi connectivity index (χ4v) is 0.883. The maximum atomic E-state index is 13.1. The Morgan fingerprint density at radius 2 is 1.20 bits per heavy atom. The first kappa shape index (κ1) is 19.5. The number of nitrogens with one attached hydrogen (secondary N) is 1. The van der Waals surface area contributed by atoms with Crippen LogP contribution in [0.2, 0.25) is 0 Å². The highest BCUT2D eigenvalue weighted by Crippen LogP contribution is 2.24. The highest BCUT2D eigenvalue weighted by atomic mass is 19.3. The van der Waals surface area contributed by atoms with E-state index in [2.05, 4.69) is 14.8 Å². The normalized spacial score (nSPS) is 14.7. The van der Waals surface area contributed by atoms with Crippen LogP contribution in [-0.4, -0.2) is 43.4 Å². The first-order valence-corrected chi connectivity index (χ1v) is 5.78. The summed E-state index contributed by atoms with van der Waals surface area (Å²) < 4.78 is 84.1. The molecule has 20 heavy (non-hydrogen) atoms. The molecule has 3 nitrogen and oxygen atoms in total. The van der Waals surface area contributed by atoms with E-state index in [1.165, 1.54) is 0 Å². The first-order valence-electron chi connectivity index (χ1n) is 5.78. The fourth-order valence-electron chi connectivity index (χ4n) is 0.883. The molecule has 0 aromatic carbocycles. The topological polar surface area (TPSA) is 30.5 Å². The Bertz CT molecular complexity index is 268. The van der Waals surface area contributed by atoms with E-state index in [0.717, 1.165) is 0 Å². The van der Waals surface area contributed by atoms with Gasteiger partial charge in [0.15, 0.2) is 0 Å². The summed E-state index contributed by atoms with van der Waals surface area (Å²) in [5.41, 5.74) is -0.657. The standard InChI is InChI=1S/C11H19F6NO2/c1-8(2,3)18-5-10(14,15)20-7-11(16,17)19-6-9(4,12)13/h18H,5-7H2,1-4H3. The van der Waals surface area contributed by atoms with Gasteiger partial charge in [0, 0.05) is 12.5 Å². The molecule has 0 aliphatic carbocycles. The minimum Gasteiger partial charge on any atom is -0.312 e. The quantitative estimate of drug-likeness (QED) is 0.698. The van der Waals surface area contributed by atoms with E-state index < -0.39 is 43.4 Å². The number of rotatable bonds is 8. The summed E-state index contributed by atoms with van der Waals surface area (Å²) in [6.07, 6.45) is -8.08. The van der Waals surface area contributed by atoms with Crippen LogP contribution < -0.4 is 5.32 Å². The Morgan fingerprint density at radius 3 is 1.60 bits per heavy atom. The molecule has 0 rings (SSSR count). The van der Waals surface area contributed by atoms with Crippen LogP contribution in [0.15, 0.2) is 0 Å². The second-order valence-electron chi connectivity index (χ2n) is 5.53. The number of alkyl halides is 6. The smallest absolute Gasteiger partial charge is 0.312 e. The van der Waals surface area contributed by atoms with Crippen LogP contribution in [0.5, 0.6) is 0 Å². The van der Waals surface area contributed by atoms with Gasteiger partial charge in [0.25, 0.3) is 5.92 Å². The molecule has 9 heteroatoms. The van der Waals surface area contributed by atoms with Crippen LogP contribution in [0.25, 0.3) is 0 Å². The van der Waals surface area contributed by atoms with E-state index in [1.54, 1.807) is 20.8 Å². The maximum Gasteiger partial charge on any atom is 0.379 e. The van der Waals surface area contributed by atoms with Gasteiger partial charge < -0.3 is 14.8 Å². The lowest BCUT2D eigenvalue weighted by atomic mass is 10.1. The van der Waals surface area contributed by atoms with Gasteiger partial charge in [0.2, 0.25) is 0 Å². The molecule has 0 radical (unpaired) electrons. The van der Waals surface area contributed by atoms with Gasteiger partial charge in [-0.25, -0.2) is 8.78 Å². The number of ether oxygens (including phenoxy) is 2. The minimum atomic E-state index is -4.22. The number of hydrogen-bond donors (Lipinski definition) is 1. The van der Waals surface area contributed by atoms with Crippen molar-refractivity contribution in [3.63, 3.8) is 0 Å². The lowest BCUT2D eigenvalue weighted by Crippen LogP contribution is -2.46. The third kappa shape index (κ3) is 11.3. The summed E-state index contributed by atoms with van der Waals surface area (Å²) in [6, 6.07) is 0. The van der Waals surface area contributed by atoms with E-state index in [-0.39, 0.29) is 0 Å². The Labute approximate surface area is 113 Å². The van der Waals surface area contributed by atoms with Crippen molar-refractivity contribution in [3.8, 4) is 0 Å². The van der Waals surface area contributed by atoms with Crippen LogP contribution in [-0.2, 0) is 9.47 Å². The number of halogens is 6. The highest BCUT2D eigenvalue weighted by Gasteiger charge is 2.40. The molecular formula is C11H19F6NO2. The third-order valence-electron chi connectivity index (χ3n) is 1.81. The summed E-state index contributed by atoms with van der Waals surface area (Å²) in [4.78, 5) is 0. The minimum absolute atomic E-state index is 0.367. The zero-order valence-electron chi connectivity index (χ0n) is 11.7. The lowest BCUT2D eigenvalue weighted by Gasteiger charge is -2.26. The molecule has 0 fully saturated rings. The van der Waals surface area contributed by atoms with Crippen molar-refractivity contribution in [2.75, 3.05) is 19.8 Å². The number of hydrogen-bond acceptors (Lipinski definition) is 3. The molecule has 0 aliphatic heterocycles. The average molecular weight is 311 g/mol. The molecule has 0 aromatic rings. The van der Waals surface area contributed by atoms with Gasteiger partial charge >= 0.3 is 12.2 Å². The molecule has 0 saturated carbocycles. The van der Waals surface area contributed by atoms with Gasteiger partial charge in [-0.3, -0.25) is 0 Å². The molecule has 0 aliphatic rings. The van der Waals surface area contributed by atoms with Gasteiger partial charge in [-0.1, -0.05) is 0 Å². The van der Waals surface area contributed by atoms with Crippen LogP contribution >= 0.6 is 0 Å². The van der Waals surface area contributed by atoms with Crippen molar-refractivity contribution in [2.24, 2.45) is 0 Å². The van der Waals surface area contributed by atoms with Gasteiger partial charge in [0.05, 0.1) is 6.54 Å². The first-order chi connectivity index (χ1) is 8.62. The van der Waals surface area contributed by atoms with E-state index in [9.17, 15) is 26.3 Å². The Balaban J connectivity index is 4.23. The fraction of sp³-hybridized carbons (Fsp3) is 1.00. The van der Waals surface area contributed by atoms with Crippen LogP contribution in [0.3, 0.4) is 0 Å². The van der Waals surface area contributed by atoms with Gasteiger partial charge in [0.1, 0.15) is 13.2 Å². The second kappa shape index (κ2) is 6.48. The Hall–Kier alpha value is -0.540. The van der Waals surface area contributed by atoms with Crippen LogP contribution in [0.1, 0.15) is 27.7 Å². The van der Waals surface area contributed by atoms with Crippen LogP contribution in [0.4, 0.5) is 26.3 Å². The van der Waals surface area contributed by atoms with Gasteiger partial charge in [-0.15, -0.1) is 0 Å². The van der Waals surface area contributed by atoms with E-state index in [1.807, 2.05) is 0 Å². The van der Waals surface area contributed by atoms with E-state index in [0.29, 0.717) is 6.92 Å². The van der Waals surface area contributed by atoms with Crippen molar-refractivity contribution in [1.29, 1.82) is 0 Å². The van der Waals surface area contributed by atoms with E-state index in [4.69, 9.17) is 0 Å². The van der Waals surface area contributed by atoms with Crippen molar-refractivity contribution in [1.82, 2.24) is 5.32 Å². The van der Waals surface area contributed by atoms with Gasteiger partial charge in [-0.05, 0) is 20.8 Å². The molecule has 0 saturated heterocycles. The molecule has 1 N–H and O–H groups in total. The summed E-state index contributed by atoms with van der Waals surface area (Å²) in [6.45, 7) is 0.776. The summed E-state index contributed by atoms with van der Waals surface area (Å²) in [7, 11) is 0. The zero-order chi connectivity index (χ0) is 16.2. The maximum absolute atomic E-state index is 13.1. The molecule has 122 valence electrons. The molecule has 0 bridgehead atoms. The molecule has 0 heterocycles. The predicted molar refractivity (Wildman–Crippen MR) is 60.2 cm³/mol. The van der Waals surface area contributed by atoms with Crippen molar-refractivity contribution in [2.45, 2.75) is 51.4 Å². The largest absolute Gasteiger partial charge is 0.379 e. The molecule has 0 aromatic heterocycles. The van der Waals surface area contributed by atoms with Crippen LogP contribution in [0, 0.1) is 0 Å².